The number of carbonyl (C=O) groups is 1. The number of rotatable bonds is 6. The summed E-state index contributed by atoms with van der Waals surface area (Å²) in [5.41, 5.74) is 1.42. The molecule has 1 aliphatic rings. The summed E-state index contributed by atoms with van der Waals surface area (Å²) in [6.45, 7) is 0. The third-order valence-electron chi connectivity index (χ3n) is 4.20. The average Bonchev–Trinajstić information content (AvgIpc) is 3.44. The molecule has 0 saturated heterocycles. The Morgan fingerprint density at radius 2 is 1.79 bits per heavy atom. The molecule has 1 unspecified atom stereocenters. The molecular formula is C18H18N2O4. The molecule has 0 aromatic heterocycles. The van der Waals surface area contributed by atoms with E-state index in [9.17, 15) is 14.9 Å². The van der Waals surface area contributed by atoms with E-state index in [0.717, 1.165) is 24.2 Å². The Labute approximate surface area is 139 Å². The van der Waals surface area contributed by atoms with Gasteiger partial charge in [0.05, 0.1) is 18.1 Å². The highest BCUT2D eigenvalue weighted by molar-refractivity contribution is 5.94. The maximum absolute atomic E-state index is 12.5. The van der Waals surface area contributed by atoms with Gasteiger partial charge < -0.3 is 10.1 Å². The number of benzene rings is 2. The van der Waals surface area contributed by atoms with Crippen molar-refractivity contribution in [3.05, 3.63) is 69.8 Å². The van der Waals surface area contributed by atoms with Crippen LogP contribution >= 0.6 is 0 Å². The van der Waals surface area contributed by atoms with Crippen molar-refractivity contribution >= 4 is 11.6 Å². The summed E-state index contributed by atoms with van der Waals surface area (Å²) in [6.07, 6.45) is 2.16. The lowest BCUT2D eigenvalue weighted by Gasteiger charge is -2.19. The second kappa shape index (κ2) is 6.70. The molecule has 0 bridgehead atoms. The maximum Gasteiger partial charge on any atom is 0.269 e. The van der Waals surface area contributed by atoms with Crippen LogP contribution in [0.5, 0.6) is 5.75 Å². The van der Waals surface area contributed by atoms with Gasteiger partial charge in [-0.25, -0.2) is 0 Å². The summed E-state index contributed by atoms with van der Waals surface area (Å²) in [5, 5.41) is 13.7. The van der Waals surface area contributed by atoms with Gasteiger partial charge in [0.1, 0.15) is 5.75 Å². The number of nitrogens with zero attached hydrogens (tertiary/aromatic N) is 1. The number of carbonyl (C=O) groups excluding carboxylic acids is 1. The summed E-state index contributed by atoms with van der Waals surface area (Å²) < 4.78 is 5.16. The summed E-state index contributed by atoms with van der Waals surface area (Å²) in [4.78, 5) is 22.7. The van der Waals surface area contributed by atoms with Gasteiger partial charge in [-0.1, -0.05) is 12.1 Å². The van der Waals surface area contributed by atoms with Crippen molar-refractivity contribution in [3.8, 4) is 5.75 Å². The van der Waals surface area contributed by atoms with Gasteiger partial charge in [-0.15, -0.1) is 0 Å². The molecule has 6 nitrogen and oxygen atoms in total. The van der Waals surface area contributed by atoms with Crippen LogP contribution < -0.4 is 10.1 Å². The predicted octanol–water partition coefficient (Wildman–Crippen LogP) is 3.48. The molecule has 1 atom stereocenters. The number of non-ortho nitro benzene ring substituents is 1. The highest BCUT2D eigenvalue weighted by Crippen LogP contribution is 2.41. The second-order valence-corrected chi connectivity index (χ2v) is 5.87. The first kappa shape index (κ1) is 16.0. The summed E-state index contributed by atoms with van der Waals surface area (Å²) in [7, 11) is 1.61. The smallest absolute Gasteiger partial charge is 0.269 e. The first-order valence-corrected chi connectivity index (χ1v) is 7.78. The zero-order valence-corrected chi connectivity index (χ0v) is 13.3. The Kier molecular flexibility index (Phi) is 4.46. The highest BCUT2D eigenvalue weighted by atomic mass is 16.6. The molecule has 1 aliphatic carbocycles. The van der Waals surface area contributed by atoms with E-state index in [2.05, 4.69) is 5.32 Å². The number of methoxy groups -OCH3 is 1. The van der Waals surface area contributed by atoms with Gasteiger partial charge >= 0.3 is 0 Å². The molecule has 24 heavy (non-hydrogen) atoms. The van der Waals surface area contributed by atoms with E-state index in [0.29, 0.717) is 11.5 Å². The Morgan fingerprint density at radius 1 is 1.17 bits per heavy atom. The van der Waals surface area contributed by atoms with Gasteiger partial charge in [0.2, 0.25) is 0 Å². The Morgan fingerprint density at radius 3 is 2.29 bits per heavy atom. The SMILES string of the molecule is COc1ccc(C(NC(=O)c2ccc([N+](=O)[O-])cc2)C2CC2)cc1. The van der Waals surface area contributed by atoms with Crippen molar-refractivity contribution in [2.45, 2.75) is 18.9 Å². The van der Waals surface area contributed by atoms with Crippen LogP contribution in [0, 0.1) is 16.0 Å². The number of hydrogen-bond acceptors (Lipinski definition) is 4. The maximum atomic E-state index is 12.5. The summed E-state index contributed by atoms with van der Waals surface area (Å²) in [6, 6.07) is 13.2. The molecule has 2 aromatic rings. The van der Waals surface area contributed by atoms with Gasteiger partial charge in [-0.2, -0.15) is 0 Å². The second-order valence-electron chi connectivity index (χ2n) is 5.87. The quantitative estimate of drug-likeness (QED) is 0.651. The molecule has 0 spiro atoms. The zero-order valence-electron chi connectivity index (χ0n) is 13.3. The Balaban J connectivity index is 1.75. The van der Waals surface area contributed by atoms with Crippen LogP contribution in [-0.4, -0.2) is 17.9 Å². The predicted molar refractivity (Wildman–Crippen MR) is 89.0 cm³/mol. The molecule has 1 amide bonds. The Bertz CT molecular complexity index is 737. The third-order valence-corrected chi connectivity index (χ3v) is 4.20. The van der Waals surface area contributed by atoms with E-state index in [4.69, 9.17) is 4.74 Å². The van der Waals surface area contributed by atoms with Gasteiger partial charge in [-0.3, -0.25) is 14.9 Å². The molecule has 1 saturated carbocycles. The normalized spacial score (nSPS) is 14.7. The molecule has 6 heteroatoms. The largest absolute Gasteiger partial charge is 0.497 e. The van der Waals surface area contributed by atoms with Crippen LogP contribution in [0.25, 0.3) is 0 Å². The van der Waals surface area contributed by atoms with Gasteiger partial charge in [0.25, 0.3) is 11.6 Å². The lowest BCUT2D eigenvalue weighted by molar-refractivity contribution is -0.384. The summed E-state index contributed by atoms with van der Waals surface area (Å²) >= 11 is 0. The standard InChI is InChI=1S/C18H18N2O4/c1-24-16-10-6-13(7-11-16)17(12-2-3-12)19-18(21)14-4-8-15(9-5-14)20(22)23/h4-12,17H,2-3H2,1H3,(H,19,21). The van der Waals surface area contributed by atoms with Gasteiger partial charge in [-0.05, 0) is 48.6 Å². The number of hydrogen-bond donors (Lipinski definition) is 1. The molecule has 124 valence electrons. The van der Waals surface area contributed by atoms with Crippen molar-refractivity contribution in [2.24, 2.45) is 5.92 Å². The number of nitro groups is 1. The zero-order chi connectivity index (χ0) is 17.1. The van der Waals surface area contributed by atoms with Crippen LogP contribution in [-0.2, 0) is 0 Å². The van der Waals surface area contributed by atoms with Crippen molar-refractivity contribution in [1.82, 2.24) is 5.32 Å². The third kappa shape index (κ3) is 3.53. The van der Waals surface area contributed by atoms with Crippen molar-refractivity contribution in [2.75, 3.05) is 7.11 Å². The molecule has 2 aromatic carbocycles. The topological polar surface area (TPSA) is 81.5 Å². The first-order chi connectivity index (χ1) is 11.6. The van der Waals surface area contributed by atoms with Crippen molar-refractivity contribution in [3.63, 3.8) is 0 Å². The molecular weight excluding hydrogens is 308 g/mol. The van der Waals surface area contributed by atoms with Crippen molar-refractivity contribution in [1.29, 1.82) is 0 Å². The molecule has 0 aliphatic heterocycles. The van der Waals surface area contributed by atoms with Crippen LogP contribution in [0.15, 0.2) is 48.5 Å². The molecule has 3 rings (SSSR count). The van der Waals surface area contributed by atoms with Crippen molar-refractivity contribution < 1.29 is 14.5 Å². The van der Waals surface area contributed by atoms with E-state index in [1.165, 1.54) is 24.3 Å². The monoisotopic (exact) mass is 326 g/mol. The average molecular weight is 326 g/mol. The van der Waals surface area contributed by atoms with E-state index in [-0.39, 0.29) is 17.6 Å². The highest BCUT2D eigenvalue weighted by Gasteiger charge is 2.33. The fourth-order valence-corrected chi connectivity index (χ4v) is 2.67. The van der Waals surface area contributed by atoms with E-state index in [1.54, 1.807) is 7.11 Å². The fourth-order valence-electron chi connectivity index (χ4n) is 2.67. The fraction of sp³-hybridized carbons (Fsp3) is 0.278. The van der Waals surface area contributed by atoms with Gasteiger partial charge in [0, 0.05) is 17.7 Å². The minimum absolute atomic E-state index is 0.0274. The van der Waals surface area contributed by atoms with Gasteiger partial charge in [0.15, 0.2) is 0 Å². The lowest BCUT2D eigenvalue weighted by atomic mass is 10.0. The van der Waals surface area contributed by atoms with Crippen LogP contribution in [0.1, 0.15) is 34.8 Å². The molecule has 0 radical (unpaired) electrons. The minimum atomic E-state index is -0.480. The van der Waals surface area contributed by atoms with E-state index >= 15 is 0 Å². The van der Waals surface area contributed by atoms with Crippen LogP contribution in [0.2, 0.25) is 0 Å². The number of amides is 1. The van der Waals surface area contributed by atoms with E-state index < -0.39 is 4.92 Å². The lowest BCUT2D eigenvalue weighted by Crippen LogP contribution is -2.29. The molecule has 0 heterocycles. The molecule has 1 N–H and O–H groups in total. The van der Waals surface area contributed by atoms with Crippen LogP contribution in [0.4, 0.5) is 5.69 Å². The van der Waals surface area contributed by atoms with E-state index in [1.807, 2.05) is 24.3 Å². The Hall–Kier alpha value is -2.89. The summed E-state index contributed by atoms with van der Waals surface area (Å²) in [5.74, 6) is 0.980. The number of ether oxygens (including phenoxy) is 1. The number of nitro benzene ring substituents is 1. The number of nitrogens with one attached hydrogen (secondary N) is 1. The van der Waals surface area contributed by atoms with Crippen LogP contribution in [0.3, 0.4) is 0 Å². The molecule has 1 fully saturated rings. The minimum Gasteiger partial charge on any atom is -0.497 e. The first-order valence-electron chi connectivity index (χ1n) is 7.78.